The number of para-hydroxylation sites is 1. The summed E-state index contributed by atoms with van der Waals surface area (Å²) in [6, 6.07) is 11.6. The van der Waals surface area contributed by atoms with Crippen molar-refractivity contribution in [2.24, 2.45) is 0 Å². The second kappa shape index (κ2) is 7.86. The zero-order chi connectivity index (χ0) is 21.4. The number of nitrogens with zero attached hydrogens (tertiary/aromatic N) is 6. The number of piperidine rings is 1. The molecule has 2 aromatic heterocycles. The van der Waals surface area contributed by atoms with Gasteiger partial charge in [0.2, 0.25) is 5.95 Å². The Morgan fingerprint density at radius 1 is 0.871 bits per heavy atom. The standard InChI is InChI=1S/C23H25N7O/c1-28-18-9-5-4-8-17(18)22(31)29(2)19-15-25-23(27-21(19)28)26-16-10-11-20(24-14-16)30-12-6-3-7-13-30/h4-5,8-11,14-15H,3,6-7,12-13H2,1-2H3,(H,25,26,27). The molecule has 1 fully saturated rings. The predicted molar refractivity (Wildman–Crippen MR) is 123 cm³/mol. The zero-order valence-electron chi connectivity index (χ0n) is 17.7. The normalized spacial score (nSPS) is 15.9. The lowest BCUT2D eigenvalue weighted by Crippen LogP contribution is -2.30. The van der Waals surface area contributed by atoms with E-state index >= 15 is 0 Å². The van der Waals surface area contributed by atoms with Crippen LogP contribution in [0.15, 0.2) is 48.8 Å². The Kier molecular flexibility index (Phi) is 4.89. The molecule has 1 aromatic carbocycles. The molecular formula is C23H25N7O. The van der Waals surface area contributed by atoms with Gasteiger partial charge >= 0.3 is 0 Å². The van der Waals surface area contributed by atoms with Crippen LogP contribution in [0.5, 0.6) is 0 Å². The molecule has 0 radical (unpaired) electrons. The highest BCUT2D eigenvalue weighted by atomic mass is 16.2. The summed E-state index contributed by atoms with van der Waals surface area (Å²) in [5.74, 6) is 2.04. The fourth-order valence-electron chi connectivity index (χ4n) is 4.16. The molecule has 1 amide bonds. The van der Waals surface area contributed by atoms with Gasteiger partial charge in [-0.15, -0.1) is 0 Å². The molecule has 5 rings (SSSR count). The molecular weight excluding hydrogens is 390 g/mol. The molecule has 1 N–H and O–H groups in total. The lowest BCUT2D eigenvalue weighted by molar-refractivity contribution is 0.0994. The number of benzene rings is 1. The highest BCUT2D eigenvalue weighted by Crippen LogP contribution is 2.37. The van der Waals surface area contributed by atoms with Gasteiger partial charge in [-0.1, -0.05) is 12.1 Å². The molecule has 0 bridgehead atoms. The van der Waals surface area contributed by atoms with Crippen molar-refractivity contribution >= 4 is 40.6 Å². The number of fused-ring (bicyclic) bond motifs is 2. The SMILES string of the molecule is CN1C(=O)c2ccccc2N(C)c2nc(Nc3ccc(N4CCCCC4)nc3)ncc21. The van der Waals surface area contributed by atoms with Crippen LogP contribution in [0.4, 0.5) is 34.6 Å². The van der Waals surface area contributed by atoms with E-state index in [9.17, 15) is 4.79 Å². The minimum absolute atomic E-state index is 0.0805. The number of hydrogen-bond acceptors (Lipinski definition) is 7. The molecule has 0 unspecified atom stereocenters. The van der Waals surface area contributed by atoms with E-state index in [2.05, 4.69) is 20.2 Å². The number of anilines is 6. The Balaban J connectivity index is 1.42. The quantitative estimate of drug-likeness (QED) is 0.694. The Bertz CT molecular complexity index is 1110. The monoisotopic (exact) mass is 415 g/mol. The van der Waals surface area contributed by atoms with Gasteiger partial charge in [-0.05, 0) is 43.5 Å². The van der Waals surface area contributed by atoms with Gasteiger partial charge in [0.15, 0.2) is 5.82 Å². The summed E-state index contributed by atoms with van der Waals surface area (Å²) in [6.07, 6.45) is 7.23. The van der Waals surface area contributed by atoms with Crippen molar-refractivity contribution in [2.45, 2.75) is 19.3 Å². The first-order valence-corrected chi connectivity index (χ1v) is 10.6. The fraction of sp³-hybridized carbons (Fsp3) is 0.304. The van der Waals surface area contributed by atoms with E-state index in [1.807, 2.05) is 54.5 Å². The van der Waals surface area contributed by atoms with E-state index in [0.29, 0.717) is 23.0 Å². The molecule has 4 heterocycles. The van der Waals surface area contributed by atoms with E-state index in [0.717, 1.165) is 30.3 Å². The van der Waals surface area contributed by atoms with Gasteiger partial charge < -0.3 is 20.0 Å². The Hall–Kier alpha value is -3.68. The first-order valence-electron chi connectivity index (χ1n) is 10.6. The third kappa shape index (κ3) is 3.54. The van der Waals surface area contributed by atoms with Crippen LogP contribution in [0.3, 0.4) is 0 Å². The van der Waals surface area contributed by atoms with Crippen LogP contribution in [0.25, 0.3) is 0 Å². The van der Waals surface area contributed by atoms with Gasteiger partial charge in [0.1, 0.15) is 11.5 Å². The Morgan fingerprint density at radius 2 is 1.68 bits per heavy atom. The number of pyridine rings is 1. The third-order valence-corrected chi connectivity index (χ3v) is 5.91. The van der Waals surface area contributed by atoms with Crippen molar-refractivity contribution in [3.05, 3.63) is 54.4 Å². The topological polar surface area (TPSA) is 77.5 Å². The van der Waals surface area contributed by atoms with Gasteiger partial charge in [0, 0.05) is 27.2 Å². The molecule has 158 valence electrons. The van der Waals surface area contributed by atoms with Crippen molar-refractivity contribution in [1.29, 1.82) is 0 Å². The third-order valence-electron chi connectivity index (χ3n) is 5.91. The van der Waals surface area contributed by atoms with Crippen molar-refractivity contribution < 1.29 is 4.79 Å². The van der Waals surface area contributed by atoms with Crippen LogP contribution in [0.2, 0.25) is 0 Å². The summed E-state index contributed by atoms with van der Waals surface area (Å²) < 4.78 is 0. The lowest BCUT2D eigenvalue weighted by Gasteiger charge is -2.27. The second-order valence-electron chi connectivity index (χ2n) is 7.92. The number of amides is 1. The van der Waals surface area contributed by atoms with E-state index in [-0.39, 0.29) is 5.91 Å². The fourth-order valence-corrected chi connectivity index (χ4v) is 4.16. The first kappa shape index (κ1) is 19.3. The number of carbonyl (C=O) groups is 1. The molecule has 0 aliphatic carbocycles. The molecule has 2 aliphatic heterocycles. The van der Waals surface area contributed by atoms with Gasteiger partial charge in [0.05, 0.1) is 29.3 Å². The molecule has 2 aliphatic rings. The number of aromatic nitrogens is 3. The van der Waals surface area contributed by atoms with Crippen LogP contribution in [-0.4, -0.2) is 48.0 Å². The maximum atomic E-state index is 12.9. The average Bonchev–Trinajstić information content (AvgIpc) is 2.90. The van der Waals surface area contributed by atoms with Crippen molar-refractivity contribution in [3.8, 4) is 0 Å². The molecule has 8 nitrogen and oxygen atoms in total. The average molecular weight is 416 g/mol. The number of nitrogens with one attached hydrogen (secondary N) is 1. The summed E-state index contributed by atoms with van der Waals surface area (Å²) in [4.78, 5) is 32.5. The highest BCUT2D eigenvalue weighted by molar-refractivity contribution is 6.13. The van der Waals surface area contributed by atoms with Crippen LogP contribution < -0.4 is 20.0 Å². The van der Waals surface area contributed by atoms with Gasteiger partial charge in [-0.25, -0.2) is 9.97 Å². The van der Waals surface area contributed by atoms with E-state index in [1.165, 1.54) is 19.3 Å². The summed E-state index contributed by atoms with van der Waals surface area (Å²) >= 11 is 0. The summed E-state index contributed by atoms with van der Waals surface area (Å²) in [5.41, 5.74) is 2.93. The predicted octanol–water partition coefficient (Wildman–Crippen LogP) is 3.96. The smallest absolute Gasteiger partial charge is 0.260 e. The summed E-state index contributed by atoms with van der Waals surface area (Å²) in [7, 11) is 3.66. The second-order valence-corrected chi connectivity index (χ2v) is 7.92. The maximum absolute atomic E-state index is 12.9. The van der Waals surface area contributed by atoms with Crippen LogP contribution >= 0.6 is 0 Å². The van der Waals surface area contributed by atoms with E-state index in [4.69, 9.17) is 4.98 Å². The van der Waals surface area contributed by atoms with Crippen LogP contribution in [-0.2, 0) is 0 Å². The summed E-state index contributed by atoms with van der Waals surface area (Å²) in [6.45, 7) is 2.13. The van der Waals surface area contributed by atoms with Gasteiger partial charge in [-0.2, -0.15) is 4.98 Å². The minimum atomic E-state index is -0.0805. The van der Waals surface area contributed by atoms with Gasteiger partial charge in [0.25, 0.3) is 5.91 Å². The molecule has 1 saturated heterocycles. The van der Waals surface area contributed by atoms with E-state index < -0.39 is 0 Å². The van der Waals surface area contributed by atoms with Crippen molar-refractivity contribution in [2.75, 3.05) is 47.2 Å². The Morgan fingerprint density at radius 3 is 2.45 bits per heavy atom. The number of carbonyl (C=O) groups excluding carboxylic acids is 1. The van der Waals surface area contributed by atoms with Crippen LogP contribution in [0, 0.1) is 0 Å². The molecule has 8 heteroatoms. The molecule has 31 heavy (non-hydrogen) atoms. The molecule has 0 atom stereocenters. The summed E-state index contributed by atoms with van der Waals surface area (Å²) in [5, 5.41) is 3.24. The molecule has 0 spiro atoms. The molecule has 0 saturated carbocycles. The first-order chi connectivity index (χ1) is 15.1. The molecule has 3 aromatic rings. The highest BCUT2D eigenvalue weighted by Gasteiger charge is 2.28. The van der Waals surface area contributed by atoms with Gasteiger partial charge in [-0.3, -0.25) is 4.79 Å². The Labute approximate surface area is 181 Å². The minimum Gasteiger partial charge on any atom is -0.357 e. The largest absolute Gasteiger partial charge is 0.357 e. The van der Waals surface area contributed by atoms with E-state index in [1.54, 1.807) is 18.1 Å². The maximum Gasteiger partial charge on any atom is 0.260 e. The van der Waals surface area contributed by atoms with Crippen molar-refractivity contribution in [1.82, 2.24) is 15.0 Å². The zero-order valence-corrected chi connectivity index (χ0v) is 17.7. The lowest BCUT2D eigenvalue weighted by atomic mass is 10.1. The number of hydrogen-bond donors (Lipinski definition) is 1. The number of rotatable bonds is 3. The van der Waals surface area contributed by atoms with Crippen molar-refractivity contribution in [3.63, 3.8) is 0 Å². The van der Waals surface area contributed by atoms with Crippen LogP contribution in [0.1, 0.15) is 29.6 Å².